The van der Waals surface area contributed by atoms with E-state index < -0.39 is 10.0 Å². The highest BCUT2D eigenvalue weighted by Gasteiger charge is 2.17. The number of nitrogens with one attached hydrogen (secondary N) is 1. The van der Waals surface area contributed by atoms with E-state index in [4.69, 9.17) is 5.73 Å². The zero-order valence-electron chi connectivity index (χ0n) is 10.8. The van der Waals surface area contributed by atoms with Gasteiger partial charge in [0.1, 0.15) is 4.21 Å². The zero-order chi connectivity index (χ0) is 14.0. The number of anilines is 1. The third-order valence-corrected chi connectivity index (χ3v) is 5.83. The highest BCUT2D eigenvalue weighted by atomic mass is 32.2. The molecule has 0 saturated heterocycles. The van der Waals surface area contributed by atoms with Gasteiger partial charge in [0.15, 0.2) is 0 Å². The topological polar surface area (TPSA) is 72.2 Å². The Balaban J connectivity index is 2.33. The van der Waals surface area contributed by atoms with Crippen molar-refractivity contribution in [2.24, 2.45) is 5.73 Å². The van der Waals surface area contributed by atoms with Crippen LogP contribution in [0.25, 0.3) is 0 Å². The number of hydrogen-bond donors (Lipinski definition) is 2. The Morgan fingerprint density at radius 3 is 2.68 bits per heavy atom. The van der Waals surface area contributed by atoms with Gasteiger partial charge in [-0.15, -0.1) is 11.3 Å². The Morgan fingerprint density at radius 2 is 2.05 bits per heavy atom. The van der Waals surface area contributed by atoms with Crippen molar-refractivity contribution in [1.82, 2.24) is 0 Å². The Hall–Kier alpha value is -1.37. The number of aryl methyl sites for hydroxylation is 1. The predicted molar refractivity (Wildman–Crippen MR) is 78.9 cm³/mol. The molecule has 2 aromatic rings. The lowest BCUT2D eigenvalue weighted by atomic mass is 10.1. The van der Waals surface area contributed by atoms with E-state index in [0.29, 0.717) is 12.2 Å². The molecule has 2 rings (SSSR count). The molecule has 0 radical (unpaired) electrons. The lowest BCUT2D eigenvalue weighted by molar-refractivity contribution is 0.603. The molecule has 19 heavy (non-hydrogen) atoms. The van der Waals surface area contributed by atoms with Crippen molar-refractivity contribution in [2.75, 3.05) is 4.72 Å². The normalized spacial score (nSPS) is 11.5. The molecule has 3 N–H and O–H groups in total. The van der Waals surface area contributed by atoms with Gasteiger partial charge < -0.3 is 5.73 Å². The molecule has 1 heterocycles. The fraction of sp³-hybridized carbons (Fsp3) is 0.231. The van der Waals surface area contributed by atoms with Gasteiger partial charge in [-0.25, -0.2) is 8.42 Å². The van der Waals surface area contributed by atoms with E-state index in [1.165, 1.54) is 11.3 Å². The summed E-state index contributed by atoms with van der Waals surface area (Å²) in [5, 5.41) is 1.76. The third kappa shape index (κ3) is 2.97. The van der Waals surface area contributed by atoms with Crippen LogP contribution in [-0.2, 0) is 16.6 Å². The molecular formula is C13H16N2O2S2. The maximum atomic E-state index is 12.3. The van der Waals surface area contributed by atoms with Crippen LogP contribution in [0.4, 0.5) is 5.69 Å². The average molecular weight is 296 g/mol. The van der Waals surface area contributed by atoms with Crippen LogP contribution < -0.4 is 10.5 Å². The first kappa shape index (κ1) is 14.0. The highest BCUT2D eigenvalue weighted by Crippen LogP contribution is 2.25. The first-order valence-electron chi connectivity index (χ1n) is 5.80. The van der Waals surface area contributed by atoms with Gasteiger partial charge in [0, 0.05) is 6.54 Å². The fourth-order valence-corrected chi connectivity index (χ4v) is 4.00. The largest absolute Gasteiger partial charge is 0.326 e. The zero-order valence-corrected chi connectivity index (χ0v) is 12.4. The standard InChI is InChI=1S/C13H16N2O2S2/c1-9-4-3-5-12(10(9)2)15-19(16,17)13-6-11(7-14)8-18-13/h3-6,8,15H,7,14H2,1-2H3. The second kappa shape index (κ2) is 5.32. The van der Waals surface area contributed by atoms with Crippen molar-refractivity contribution in [3.63, 3.8) is 0 Å². The lowest BCUT2D eigenvalue weighted by Gasteiger charge is -2.10. The number of sulfonamides is 1. The molecule has 0 fully saturated rings. The Labute approximate surface area is 117 Å². The van der Waals surface area contributed by atoms with Gasteiger partial charge in [-0.3, -0.25) is 4.72 Å². The molecule has 0 aliphatic rings. The lowest BCUT2D eigenvalue weighted by Crippen LogP contribution is -2.12. The summed E-state index contributed by atoms with van der Waals surface area (Å²) in [4.78, 5) is 0. The minimum absolute atomic E-state index is 0.286. The van der Waals surface area contributed by atoms with Crippen LogP contribution in [0.3, 0.4) is 0 Å². The SMILES string of the molecule is Cc1cccc(NS(=O)(=O)c2cc(CN)cs2)c1C. The molecule has 0 atom stereocenters. The second-order valence-electron chi connectivity index (χ2n) is 4.33. The molecule has 0 spiro atoms. The molecule has 1 aromatic carbocycles. The molecule has 4 nitrogen and oxygen atoms in total. The van der Waals surface area contributed by atoms with Gasteiger partial charge >= 0.3 is 0 Å². The summed E-state index contributed by atoms with van der Waals surface area (Å²) >= 11 is 1.18. The van der Waals surface area contributed by atoms with Crippen molar-refractivity contribution < 1.29 is 8.42 Å². The number of hydrogen-bond acceptors (Lipinski definition) is 4. The van der Waals surface area contributed by atoms with Crippen LogP contribution in [0.5, 0.6) is 0 Å². The van der Waals surface area contributed by atoms with Crippen LogP contribution in [0.15, 0.2) is 33.9 Å². The highest BCUT2D eigenvalue weighted by molar-refractivity contribution is 7.94. The van der Waals surface area contributed by atoms with E-state index in [-0.39, 0.29) is 4.21 Å². The summed E-state index contributed by atoms with van der Waals surface area (Å²) in [7, 11) is -3.53. The summed E-state index contributed by atoms with van der Waals surface area (Å²) in [6.45, 7) is 4.19. The molecule has 0 amide bonds. The smallest absolute Gasteiger partial charge is 0.271 e. The molecule has 0 aliphatic heterocycles. The van der Waals surface area contributed by atoms with Gasteiger partial charge in [-0.2, -0.15) is 0 Å². The van der Waals surface area contributed by atoms with E-state index in [0.717, 1.165) is 16.7 Å². The van der Waals surface area contributed by atoms with Crippen molar-refractivity contribution >= 4 is 27.0 Å². The minimum atomic E-state index is -3.53. The van der Waals surface area contributed by atoms with Crippen molar-refractivity contribution in [3.05, 3.63) is 46.3 Å². The third-order valence-electron chi connectivity index (χ3n) is 2.98. The van der Waals surface area contributed by atoms with E-state index in [1.807, 2.05) is 26.0 Å². The molecule has 6 heteroatoms. The van der Waals surface area contributed by atoms with Gasteiger partial charge in [-0.05, 0) is 48.1 Å². The minimum Gasteiger partial charge on any atom is -0.326 e. The molecule has 102 valence electrons. The van der Waals surface area contributed by atoms with Crippen LogP contribution in [-0.4, -0.2) is 8.42 Å². The molecule has 1 aromatic heterocycles. The van der Waals surface area contributed by atoms with Crippen LogP contribution in [0.2, 0.25) is 0 Å². The van der Waals surface area contributed by atoms with Gasteiger partial charge in [-0.1, -0.05) is 12.1 Å². The van der Waals surface area contributed by atoms with Gasteiger partial charge in [0.2, 0.25) is 0 Å². The van der Waals surface area contributed by atoms with E-state index in [2.05, 4.69) is 4.72 Å². The first-order chi connectivity index (χ1) is 8.94. The van der Waals surface area contributed by atoms with Crippen LogP contribution in [0, 0.1) is 13.8 Å². The molecule has 0 unspecified atom stereocenters. The van der Waals surface area contributed by atoms with Crippen LogP contribution >= 0.6 is 11.3 Å². The quantitative estimate of drug-likeness (QED) is 0.911. The summed E-state index contributed by atoms with van der Waals surface area (Å²) < 4.78 is 27.4. The van der Waals surface area contributed by atoms with Crippen LogP contribution in [0.1, 0.15) is 16.7 Å². The van der Waals surface area contributed by atoms with E-state index >= 15 is 0 Å². The van der Waals surface area contributed by atoms with E-state index in [9.17, 15) is 8.42 Å². The summed E-state index contributed by atoms with van der Waals surface area (Å²) in [5.74, 6) is 0. The molecule has 0 saturated carbocycles. The van der Waals surface area contributed by atoms with Crippen molar-refractivity contribution in [2.45, 2.75) is 24.6 Å². The summed E-state index contributed by atoms with van der Waals surface area (Å²) in [5.41, 5.74) is 8.92. The van der Waals surface area contributed by atoms with Crippen molar-refractivity contribution in [1.29, 1.82) is 0 Å². The van der Waals surface area contributed by atoms with E-state index in [1.54, 1.807) is 17.5 Å². The van der Waals surface area contributed by atoms with Crippen molar-refractivity contribution in [3.8, 4) is 0 Å². The predicted octanol–water partition coefficient (Wildman–Crippen LogP) is 2.62. The Kier molecular flexibility index (Phi) is 3.93. The van der Waals surface area contributed by atoms with Gasteiger partial charge in [0.25, 0.3) is 10.0 Å². The summed E-state index contributed by atoms with van der Waals surface area (Å²) in [6, 6.07) is 7.15. The monoisotopic (exact) mass is 296 g/mol. The maximum absolute atomic E-state index is 12.3. The molecule has 0 bridgehead atoms. The second-order valence-corrected chi connectivity index (χ2v) is 7.15. The fourth-order valence-electron chi connectivity index (χ4n) is 1.66. The first-order valence-corrected chi connectivity index (χ1v) is 8.17. The average Bonchev–Trinajstić information content (AvgIpc) is 2.84. The number of rotatable bonds is 4. The van der Waals surface area contributed by atoms with Gasteiger partial charge in [0.05, 0.1) is 5.69 Å². The number of benzene rings is 1. The Bertz CT molecular complexity index is 690. The molecule has 0 aliphatic carbocycles. The summed E-state index contributed by atoms with van der Waals surface area (Å²) in [6.07, 6.45) is 0. The number of nitrogens with two attached hydrogens (primary N) is 1. The number of thiophene rings is 1. The Morgan fingerprint density at radius 1 is 1.32 bits per heavy atom. The molecular weight excluding hydrogens is 280 g/mol. The maximum Gasteiger partial charge on any atom is 0.271 e.